The van der Waals surface area contributed by atoms with Crippen molar-refractivity contribution in [3.05, 3.63) is 11.6 Å². The highest BCUT2D eigenvalue weighted by Crippen LogP contribution is 2.45. The molecule has 1 nitrogen and oxygen atoms in total. The largest absolute Gasteiger partial charge is 0.299 e. The van der Waals surface area contributed by atoms with E-state index in [9.17, 15) is 4.79 Å². The molecule has 1 atom stereocenters. The quantitative estimate of drug-likeness (QED) is 0.417. The van der Waals surface area contributed by atoms with Gasteiger partial charge in [0.1, 0.15) is 6.29 Å². The van der Waals surface area contributed by atoms with Crippen molar-refractivity contribution in [3.63, 3.8) is 0 Å². The molecule has 0 amide bonds. The van der Waals surface area contributed by atoms with Crippen LogP contribution in [0.3, 0.4) is 0 Å². The first kappa shape index (κ1) is 8.51. The number of hydrogen-bond acceptors (Lipinski definition) is 1. The lowest BCUT2D eigenvalue weighted by Crippen LogP contribution is -2.14. The SMILES string of the molecule is CC1/C(=C\C=O)CCC1(C)C. The van der Waals surface area contributed by atoms with Gasteiger partial charge < -0.3 is 0 Å². The smallest absolute Gasteiger partial charge is 0.142 e. The highest BCUT2D eigenvalue weighted by molar-refractivity contribution is 5.66. The second kappa shape index (κ2) is 2.80. The Hall–Kier alpha value is -0.590. The molecule has 1 aliphatic carbocycles. The minimum Gasteiger partial charge on any atom is -0.299 e. The molecule has 0 aromatic rings. The summed E-state index contributed by atoms with van der Waals surface area (Å²) < 4.78 is 0. The average molecular weight is 152 g/mol. The summed E-state index contributed by atoms with van der Waals surface area (Å²) in [4.78, 5) is 10.2. The van der Waals surface area contributed by atoms with Gasteiger partial charge in [-0.2, -0.15) is 0 Å². The van der Waals surface area contributed by atoms with Gasteiger partial charge in [0, 0.05) is 0 Å². The molecule has 1 unspecified atom stereocenters. The van der Waals surface area contributed by atoms with Crippen LogP contribution >= 0.6 is 0 Å². The van der Waals surface area contributed by atoms with Gasteiger partial charge in [0.25, 0.3) is 0 Å². The zero-order valence-corrected chi connectivity index (χ0v) is 7.55. The van der Waals surface area contributed by atoms with E-state index >= 15 is 0 Å². The summed E-state index contributed by atoms with van der Waals surface area (Å²) in [6, 6.07) is 0. The Labute approximate surface area is 68.5 Å². The van der Waals surface area contributed by atoms with Crippen molar-refractivity contribution in [2.45, 2.75) is 33.6 Å². The number of allylic oxidation sites excluding steroid dienone is 2. The maximum absolute atomic E-state index is 10.2. The van der Waals surface area contributed by atoms with Crippen LogP contribution in [0.5, 0.6) is 0 Å². The highest BCUT2D eigenvalue weighted by Gasteiger charge is 2.34. The van der Waals surface area contributed by atoms with Gasteiger partial charge in [-0.15, -0.1) is 0 Å². The molecular weight excluding hydrogens is 136 g/mol. The summed E-state index contributed by atoms with van der Waals surface area (Å²) >= 11 is 0. The van der Waals surface area contributed by atoms with E-state index in [1.165, 1.54) is 12.0 Å². The van der Waals surface area contributed by atoms with Gasteiger partial charge in [0.2, 0.25) is 0 Å². The topological polar surface area (TPSA) is 17.1 Å². The van der Waals surface area contributed by atoms with Crippen LogP contribution in [0.4, 0.5) is 0 Å². The van der Waals surface area contributed by atoms with Gasteiger partial charge in [0.15, 0.2) is 0 Å². The average Bonchev–Trinajstić information content (AvgIpc) is 2.17. The van der Waals surface area contributed by atoms with E-state index < -0.39 is 0 Å². The number of hydrogen-bond donors (Lipinski definition) is 0. The van der Waals surface area contributed by atoms with Gasteiger partial charge >= 0.3 is 0 Å². The molecule has 1 aliphatic rings. The summed E-state index contributed by atoms with van der Waals surface area (Å²) in [5.74, 6) is 0.577. The normalized spacial score (nSPS) is 32.6. The minimum atomic E-state index is 0.398. The predicted molar refractivity (Wildman–Crippen MR) is 46.3 cm³/mol. The fraction of sp³-hybridized carbons (Fsp3) is 0.700. The van der Waals surface area contributed by atoms with E-state index in [1.54, 1.807) is 6.08 Å². The van der Waals surface area contributed by atoms with Crippen molar-refractivity contribution in [1.29, 1.82) is 0 Å². The monoisotopic (exact) mass is 152 g/mol. The molecule has 0 saturated heterocycles. The van der Waals surface area contributed by atoms with Crippen molar-refractivity contribution in [2.75, 3.05) is 0 Å². The number of rotatable bonds is 1. The van der Waals surface area contributed by atoms with Crippen molar-refractivity contribution >= 4 is 6.29 Å². The van der Waals surface area contributed by atoms with Crippen LogP contribution in [0.2, 0.25) is 0 Å². The van der Waals surface area contributed by atoms with Gasteiger partial charge in [0.05, 0.1) is 0 Å². The first-order valence-electron chi connectivity index (χ1n) is 4.22. The van der Waals surface area contributed by atoms with Crippen LogP contribution in [0, 0.1) is 11.3 Å². The maximum atomic E-state index is 10.2. The second-order valence-corrected chi connectivity index (χ2v) is 4.09. The second-order valence-electron chi connectivity index (χ2n) is 4.09. The van der Waals surface area contributed by atoms with Crippen LogP contribution < -0.4 is 0 Å². The molecule has 1 fully saturated rings. The Morgan fingerprint density at radius 3 is 2.55 bits per heavy atom. The van der Waals surface area contributed by atoms with Crippen LogP contribution in [0.25, 0.3) is 0 Å². The fourth-order valence-corrected chi connectivity index (χ4v) is 1.72. The molecule has 1 heteroatoms. The molecule has 62 valence electrons. The van der Waals surface area contributed by atoms with Crippen LogP contribution in [-0.2, 0) is 4.79 Å². The summed E-state index contributed by atoms with van der Waals surface area (Å²) in [6.07, 6.45) is 4.97. The molecular formula is C10H16O. The first-order valence-corrected chi connectivity index (χ1v) is 4.22. The molecule has 0 aromatic heterocycles. The van der Waals surface area contributed by atoms with Gasteiger partial charge in [-0.25, -0.2) is 0 Å². The van der Waals surface area contributed by atoms with Crippen molar-refractivity contribution < 1.29 is 4.79 Å². The molecule has 0 radical (unpaired) electrons. The number of aldehydes is 1. The van der Waals surface area contributed by atoms with E-state index in [4.69, 9.17) is 0 Å². The lowest BCUT2D eigenvalue weighted by atomic mass is 9.82. The van der Waals surface area contributed by atoms with Crippen LogP contribution in [0.1, 0.15) is 33.6 Å². The molecule has 0 aliphatic heterocycles. The molecule has 0 N–H and O–H groups in total. The third kappa shape index (κ3) is 1.52. The van der Waals surface area contributed by atoms with Crippen molar-refractivity contribution in [2.24, 2.45) is 11.3 Å². The minimum absolute atomic E-state index is 0.398. The first-order chi connectivity index (χ1) is 5.08. The number of carbonyl (C=O) groups excluding carboxylic acids is 1. The van der Waals surface area contributed by atoms with E-state index in [0.717, 1.165) is 12.7 Å². The Morgan fingerprint density at radius 1 is 1.55 bits per heavy atom. The predicted octanol–water partition coefficient (Wildman–Crippen LogP) is 2.57. The summed E-state index contributed by atoms with van der Waals surface area (Å²) in [5, 5.41) is 0. The lowest BCUT2D eigenvalue weighted by molar-refractivity contribution is -0.104. The van der Waals surface area contributed by atoms with E-state index in [1.807, 2.05) is 0 Å². The highest BCUT2D eigenvalue weighted by atomic mass is 16.1. The molecule has 0 heterocycles. The Morgan fingerprint density at radius 2 is 2.18 bits per heavy atom. The van der Waals surface area contributed by atoms with E-state index in [0.29, 0.717) is 11.3 Å². The molecule has 0 aromatic carbocycles. The fourth-order valence-electron chi connectivity index (χ4n) is 1.72. The third-order valence-corrected chi connectivity index (χ3v) is 3.07. The molecule has 0 spiro atoms. The van der Waals surface area contributed by atoms with E-state index in [2.05, 4.69) is 20.8 Å². The Bertz CT molecular complexity index is 189. The zero-order valence-electron chi connectivity index (χ0n) is 7.55. The molecule has 1 rings (SSSR count). The van der Waals surface area contributed by atoms with Crippen LogP contribution in [-0.4, -0.2) is 6.29 Å². The Balaban J connectivity index is 2.78. The standard InChI is InChI=1S/C10H16O/c1-8-9(5-7-11)4-6-10(8,2)3/h5,7-8H,4,6H2,1-3H3/b9-5-. The molecule has 11 heavy (non-hydrogen) atoms. The summed E-state index contributed by atoms with van der Waals surface area (Å²) in [7, 11) is 0. The molecule has 0 bridgehead atoms. The van der Waals surface area contributed by atoms with Gasteiger partial charge in [-0.1, -0.05) is 26.3 Å². The Kier molecular flexibility index (Phi) is 2.17. The van der Waals surface area contributed by atoms with Crippen molar-refractivity contribution in [1.82, 2.24) is 0 Å². The van der Waals surface area contributed by atoms with Crippen molar-refractivity contribution in [3.8, 4) is 0 Å². The number of carbonyl (C=O) groups is 1. The van der Waals surface area contributed by atoms with Gasteiger partial charge in [-0.3, -0.25) is 4.79 Å². The van der Waals surface area contributed by atoms with Gasteiger partial charge in [-0.05, 0) is 30.3 Å². The zero-order chi connectivity index (χ0) is 8.48. The van der Waals surface area contributed by atoms with Crippen LogP contribution in [0.15, 0.2) is 11.6 Å². The lowest BCUT2D eigenvalue weighted by Gasteiger charge is -2.23. The third-order valence-electron chi connectivity index (χ3n) is 3.07. The van der Waals surface area contributed by atoms with E-state index in [-0.39, 0.29) is 0 Å². The summed E-state index contributed by atoms with van der Waals surface area (Å²) in [5.41, 5.74) is 1.72. The molecule has 1 saturated carbocycles. The summed E-state index contributed by atoms with van der Waals surface area (Å²) in [6.45, 7) is 6.74. The maximum Gasteiger partial charge on any atom is 0.142 e.